The fourth-order valence-electron chi connectivity index (χ4n) is 2.11. The van der Waals surface area contributed by atoms with Crippen LogP contribution in [0.4, 0.5) is 0 Å². The summed E-state index contributed by atoms with van der Waals surface area (Å²) in [6.07, 6.45) is 2.90. The zero-order valence-electron chi connectivity index (χ0n) is 10.5. The molecule has 1 saturated heterocycles. The summed E-state index contributed by atoms with van der Waals surface area (Å²) < 4.78 is 5.38. The molecule has 0 saturated carbocycles. The van der Waals surface area contributed by atoms with E-state index in [-0.39, 0.29) is 11.9 Å². The minimum Gasteiger partial charge on any atom is -0.381 e. The summed E-state index contributed by atoms with van der Waals surface area (Å²) in [5.41, 5.74) is 7.26. The second-order valence-corrected chi connectivity index (χ2v) is 4.61. The fourth-order valence-corrected chi connectivity index (χ4v) is 2.11. The minimum absolute atomic E-state index is 0.00882. The van der Waals surface area contributed by atoms with Crippen LogP contribution in [0.25, 0.3) is 0 Å². The maximum absolute atomic E-state index is 12.0. The van der Waals surface area contributed by atoms with Crippen LogP contribution in [0.1, 0.15) is 35.2 Å². The molecule has 1 amide bonds. The Morgan fingerprint density at radius 1 is 1.28 bits per heavy atom. The Morgan fingerprint density at radius 3 is 2.78 bits per heavy atom. The van der Waals surface area contributed by atoms with E-state index in [1.807, 2.05) is 24.3 Å². The van der Waals surface area contributed by atoms with E-state index in [1.165, 1.54) is 0 Å². The molecular weight excluding hydrogens is 228 g/mol. The first-order valence-corrected chi connectivity index (χ1v) is 6.47. The summed E-state index contributed by atoms with van der Waals surface area (Å²) in [5.74, 6) is -0.00882. The molecule has 1 aromatic carbocycles. The molecule has 1 unspecified atom stereocenters. The number of carbonyl (C=O) groups excluding carboxylic acids is 1. The van der Waals surface area contributed by atoms with Crippen LogP contribution in [-0.2, 0) is 11.3 Å². The van der Waals surface area contributed by atoms with E-state index in [2.05, 4.69) is 5.32 Å². The molecule has 0 bridgehead atoms. The molecule has 1 aliphatic heterocycles. The monoisotopic (exact) mass is 248 g/mol. The summed E-state index contributed by atoms with van der Waals surface area (Å²) in [5, 5.41) is 3.06. The van der Waals surface area contributed by atoms with E-state index in [1.54, 1.807) is 0 Å². The Kier molecular flexibility index (Phi) is 4.73. The van der Waals surface area contributed by atoms with Gasteiger partial charge in [-0.2, -0.15) is 0 Å². The van der Waals surface area contributed by atoms with Gasteiger partial charge in [-0.15, -0.1) is 0 Å². The largest absolute Gasteiger partial charge is 0.381 e. The van der Waals surface area contributed by atoms with Gasteiger partial charge in [0.05, 0.1) is 0 Å². The first-order chi connectivity index (χ1) is 8.79. The number of nitrogens with one attached hydrogen (secondary N) is 1. The molecule has 0 spiro atoms. The van der Waals surface area contributed by atoms with Crippen LogP contribution in [0.15, 0.2) is 24.3 Å². The minimum atomic E-state index is -0.00882. The summed E-state index contributed by atoms with van der Waals surface area (Å²) in [4.78, 5) is 12.0. The third kappa shape index (κ3) is 3.55. The van der Waals surface area contributed by atoms with Crippen molar-refractivity contribution in [3.05, 3.63) is 35.4 Å². The summed E-state index contributed by atoms with van der Waals surface area (Å²) >= 11 is 0. The molecular formula is C14H20N2O2. The quantitative estimate of drug-likeness (QED) is 0.850. The second-order valence-electron chi connectivity index (χ2n) is 4.61. The highest BCUT2D eigenvalue weighted by Crippen LogP contribution is 2.10. The molecule has 98 valence electrons. The van der Waals surface area contributed by atoms with E-state index in [0.717, 1.165) is 38.0 Å². The van der Waals surface area contributed by atoms with Crippen LogP contribution in [0, 0.1) is 0 Å². The summed E-state index contributed by atoms with van der Waals surface area (Å²) in [6.45, 7) is 2.04. The fraction of sp³-hybridized carbons (Fsp3) is 0.500. The van der Waals surface area contributed by atoms with Crippen molar-refractivity contribution in [1.29, 1.82) is 0 Å². The Balaban J connectivity index is 1.93. The number of carbonyl (C=O) groups is 1. The Labute approximate surface area is 108 Å². The van der Waals surface area contributed by atoms with Gasteiger partial charge >= 0.3 is 0 Å². The molecule has 4 heteroatoms. The zero-order chi connectivity index (χ0) is 12.8. The molecule has 0 radical (unpaired) electrons. The molecule has 4 nitrogen and oxygen atoms in total. The van der Waals surface area contributed by atoms with Gasteiger partial charge in [0.15, 0.2) is 0 Å². The van der Waals surface area contributed by atoms with Crippen molar-refractivity contribution in [3.63, 3.8) is 0 Å². The van der Waals surface area contributed by atoms with Gasteiger partial charge in [0.1, 0.15) is 0 Å². The van der Waals surface area contributed by atoms with Gasteiger partial charge in [-0.05, 0) is 37.0 Å². The highest BCUT2D eigenvalue weighted by Gasteiger charge is 2.15. The second kappa shape index (κ2) is 6.52. The molecule has 1 fully saturated rings. The molecule has 0 aliphatic carbocycles. The van der Waals surface area contributed by atoms with E-state index < -0.39 is 0 Å². The van der Waals surface area contributed by atoms with Gasteiger partial charge < -0.3 is 15.8 Å². The first kappa shape index (κ1) is 13.1. The van der Waals surface area contributed by atoms with Crippen molar-refractivity contribution in [3.8, 4) is 0 Å². The topological polar surface area (TPSA) is 64.4 Å². The molecule has 0 aromatic heterocycles. The van der Waals surface area contributed by atoms with Gasteiger partial charge in [0.25, 0.3) is 5.91 Å². The molecule has 1 aromatic rings. The number of ether oxygens (including phenoxy) is 1. The molecule has 1 atom stereocenters. The van der Waals surface area contributed by atoms with Crippen molar-refractivity contribution in [2.75, 3.05) is 13.2 Å². The number of rotatable bonds is 3. The lowest BCUT2D eigenvalue weighted by atomic mass is 10.1. The first-order valence-electron chi connectivity index (χ1n) is 6.47. The molecule has 18 heavy (non-hydrogen) atoms. The molecule has 2 rings (SSSR count). The van der Waals surface area contributed by atoms with E-state index in [9.17, 15) is 4.79 Å². The summed E-state index contributed by atoms with van der Waals surface area (Å²) in [6, 6.07) is 7.67. The van der Waals surface area contributed by atoms with Crippen molar-refractivity contribution in [1.82, 2.24) is 5.32 Å². The Morgan fingerprint density at radius 2 is 2.06 bits per heavy atom. The normalized spacial score (nSPS) is 20.2. The average molecular weight is 248 g/mol. The van der Waals surface area contributed by atoms with Gasteiger partial charge in [-0.3, -0.25) is 4.79 Å². The number of amides is 1. The highest BCUT2D eigenvalue weighted by atomic mass is 16.5. The Bertz CT molecular complexity index is 381. The van der Waals surface area contributed by atoms with Gasteiger partial charge in [0, 0.05) is 31.4 Å². The smallest absolute Gasteiger partial charge is 0.251 e. The van der Waals surface area contributed by atoms with Crippen molar-refractivity contribution in [2.45, 2.75) is 31.8 Å². The van der Waals surface area contributed by atoms with Crippen LogP contribution in [-0.4, -0.2) is 25.2 Å². The van der Waals surface area contributed by atoms with E-state index >= 15 is 0 Å². The maximum Gasteiger partial charge on any atom is 0.251 e. The van der Waals surface area contributed by atoms with Crippen LogP contribution >= 0.6 is 0 Å². The van der Waals surface area contributed by atoms with Gasteiger partial charge in [-0.1, -0.05) is 12.1 Å². The number of hydrogen-bond acceptors (Lipinski definition) is 3. The number of hydrogen-bond donors (Lipinski definition) is 2. The zero-order valence-corrected chi connectivity index (χ0v) is 10.5. The van der Waals surface area contributed by atoms with Crippen molar-refractivity contribution in [2.24, 2.45) is 5.73 Å². The van der Waals surface area contributed by atoms with E-state index in [0.29, 0.717) is 12.1 Å². The molecule has 1 heterocycles. The summed E-state index contributed by atoms with van der Waals surface area (Å²) in [7, 11) is 0. The maximum atomic E-state index is 12.0. The SMILES string of the molecule is NCc1ccc(C(=O)NC2CCCOCC2)cc1. The average Bonchev–Trinajstić information content (AvgIpc) is 2.67. The predicted octanol–water partition coefficient (Wildman–Crippen LogP) is 1.44. The third-order valence-electron chi connectivity index (χ3n) is 3.24. The molecule has 1 aliphatic rings. The lowest BCUT2D eigenvalue weighted by Crippen LogP contribution is -2.34. The van der Waals surface area contributed by atoms with Crippen LogP contribution in [0.5, 0.6) is 0 Å². The van der Waals surface area contributed by atoms with Crippen LogP contribution < -0.4 is 11.1 Å². The van der Waals surface area contributed by atoms with Gasteiger partial charge in [0.2, 0.25) is 0 Å². The third-order valence-corrected chi connectivity index (χ3v) is 3.24. The lowest BCUT2D eigenvalue weighted by Gasteiger charge is -2.15. The Hall–Kier alpha value is -1.39. The van der Waals surface area contributed by atoms with Crippen molar-refractivity contribution >= 4 is 5.91 Å². The standard InChI is InChI=1S/C14H20N2O2/c15-10-11-3-5-12(6-4-11)14(17)16-13-2-1-8-18-9-7-13/h3-6,13H,1-2,7-10,15H2,(H,16,17). The highest BCUT2D eigenvalue weighted by molar-refractivity contribution is 5.94. The van der Waals surface area contributed by atoms with Crippen LogP contribution in [0.3, 0.4) is 0 Å². The molecule has 3 N–H and O–H groups in total. The lowest BCUT2D eigenvalue weighted by molar-refractivity contribution is 0.0929. The van der Waals surface area contributed by atoms with Crippen LogP contribution in [0.2, 0.25) is 0 Å². The van der Waals surface area contributed by atoms with Crippen molar-refractivity contribution < 1.29 is 9.53 Å². The van der Waals surface area contributed by atoms with Gasteiger partial charge in [-0.25, -0.2) is 0 Å². The van der Waals surface area contributed by atoms with E-state index in [4.69, 9.17) is 10.5 Å². The predicted molar refractivity (Wildman–Crippen MR) is 70.3 cm³/mol. The number of benzene rings is 1. The number of nitrogens with two attached hydrogens (primary N) is 1.